The van der Waals surface area contributed by atoms with Crippen molar-refractivity contribution in [2.75, 3.05) is 7.11 Å². The number of pyridine rings is 2. The summed E-state index contributed by atoms with van der Waals surface area (Å²) in [6.07, 6.45) is 1.91. The predicted molar refractivity (Wildman–Crippen MR) is 138 cm³/mol. The molecular weight excluding hydrogens is 537 g/mol. The molecule has 0 unspecified atom stereocenters. The molecule has 9 nitrogen and oxygen atoms in total. The van der Waals surface area contributed by atoms with Gasteiger partial charge in [-0.25, -0.2) is 4.98 Å². The number of hydrogen-bond acceptors (Lipinski definition) is 7. The molecule has 13 heteroatoms. The fraction of sp³-hybridized carbons (Fsp3) is 0.192. The van der Waals surface area contributed by atoms with Crippen LogP contribution in [0.3, 0.4) is 0 Å². The second-order valence-corrected chi connectivity index (χ2v) is 10.3. The fourth-order valence-electron chi connectivity index (χ4n) is 4.38. The number of aryl methyl sites for hydroxylation is 2. The maximum atomic E-state index is 13.9. The van der Waals surface area contributed by atoms with E-state index in [0.717, 1.165) is 17.7 Å². The van der Waals surface area contributed by atoms with E-state index in [1.807, 2.05) is 24.3 Å². The molecule has 0 N–H and O–H groups in total. The average Bonchev–Trinajstić information content (AvgIpc) is 3.21. The Morgan fingerprint density at radius 3 is 2.36 bits per heavy atom. The minimum Gasteiger partial charge on any atom is -0.497 e. The summed E-state index contributed by atoms with van der Waals surface area (Å²) in [5, 5.41) is 0.445. The fourth-order valence-corrected chi connectivity index (χ4v) is 4.83. The van der Waals surface area contributed by atoms with Gasteiger partial charge in [-0.15, -0.1) is 0 Å². The highest BCUT2D eigenvalue weighted by Crippen LogP contribution is 2.32. The van der Waals surface area contributed by atoms with Gasteiger partial charge in [-0.2, -0.15) is 21.6 Å². The smallest absolute Gasteiger partial charge is 0.497 e. The van der Waals surface area contributed by atoms with Crippen LogP contribution in [0, 0.1) is 6.92 Å². The average molecular weight is 559 g/mol. The Morgan fingerprint density at radius 1 is 1.03 bits per heavy atom. The van der Waals surface area contributed by atoms with E-state index >= 15 is 0 Å². The Labute approximate surface area is 220 Å². The minimum atomic E-state index is -5.93. The molecule has 0 bridgehead atoms. The van der Waals surface area contributed by atoms with Gasteiger partial charge in [0.1, 0.15) is 17.3 Å². The topological polar surface area (TPSA) is 105 Å². The zero-order valence-electron chi connectivity index (χ0n) is 20.9. The molecule has 0 spiro atoms. The van der Waals surface area contributed by atoms with Crippen LogP contribution in [0.25, 0.3) is 27.6 Å². The molecule has 202 valence electrons. The van der Waals surface area contributed by atoms with Gasteiger partial charge < -0.3 is 13.5 Å². The van der Waals surface area contributed by atoms with E-state index in [4.69, 9.17) is 4.74 Å². The molecule has 3 heterocycles. The van der Waals surface area contributed by atoms with Crippen molar-refractivity contribution < 1.29 is 30.5 Å². The second-order valence-electron chi connectivity index (χ2n) is 8.72. The molecule has 0 atom stereocenters. The third kappa shape index (κ3) is 4.58. The number of nitrogens with zero attached hydrogens (tertiary/aromatic N) is 4. The molecule has 0 fully saturated rings. The quantitative estimate of drug-likeness (QED) is 0.225. The van der Waals surface area contributed by atoms with Crippen LogP contribution < -0.4 is 14.5 Å². The summed E-state index contributed by atoms with van der Waals surface area (Å²) >= 11 is 0. The Balaban J connectivity index is 1.77. The first kappa shape index (κ1) is 26.2. The number of ether oxygens (including phenoxy) is 1. The molecule has 0 saturated carbocycles. The summed E-state index contributed by atoms with van der Waals surface area (Å²) in [5.74, 6) is 0.652. The van der Waals surface area contributed by atoms with Crippen molar-refractivity contribution in [1.82, 2.24) is 19.1 Å². The van der Waals surface area contributed by atoms with Gasteiger partial charge in [0.05, 0.1) is 29.5 Å². The summed E-state index contributed by atoms with van der Waals surface area (Å²) in [5.41, 5.74) is -3.76. The number of halogens is 3. The first-order chi connectivity index (χ1) is 18.4. The number of hydrogen-bond donors (Lipinski definition) is 0. The van der Waals surface area contributed by atoms with Crippen molar-refractivity contribution in [3.05, 3.63) is 88.2 Å². The Morgan fingerprint density at radius 2 is 1.72 bits per heavy atom. The molecule has 0 radical (unpaired) electrons. The lowest BCUT2D eigenvalue weighted by molar-refractivity contribution is -0.0500. The first-order valence-corrected chi connectivity index (χ1v) is 12.9. The molecule has 0 saturated heterocycles. The van der Waals surface area contributed by atoms with Gasteiger partial charge in [-0.3, -0.25) is 14.3 Å². The lowest BCUT2D eigenvalue weighted by Gasteiger charge is -2.15. The molecule has 0 amide bonds. The maximum Gasteiger partial charge on any atom is 0.534 e. The summed E-state index contributed by atoms with van der Waals surface area (Å²) in [7, 11) is -2.64. The van der Waals surface area contributed by atoms with E-state index in [0.29, 0.717) is 40.3 Å². The molecule has 0 aliphatic carbocycles. The molecule has 5 rings (SSSR count). The highest BCUT2D eigenvalue weighted by Gasteiger charge is 2.48. The van der Waals surface area contributed by atoms with Gasteiger partial charge in [0.15, 0.2) is 5.52 Å². The lowest BCUT2D eigenvalue weighted by atomic mass is 10.1. The summed E-state index contributed by atoms with van der Waals surface area (Å²) in [6, 6.07) is 14.2. The van der Waals surface area contributed by atoms with E-state index in [9.17, 15) is 26.4 Å². The maximum absolute atomic E-state index is 13.9. The van der Waals surface area contributed by atoms with Crippen molar-refractivity contribution in [2.24, 2.45) is 7.05 Å². The Hall–Kier alpha value is -4.39. The lowest BCUT2D eigenvalue weighted by Crippen LogP contribution is -2.28. The normalized spacial score (nSPS) is 12.3. The van der Waals surface area contributed by atoms with Crippen molar-refractivity contribution in [2.45, 2.75) is 18.9 Å². The standard InChI is InChI=1S/C26H21F3N4O5S/c1-15-20(5-4-12-30-15)33-21-14-18(38-39(35,36)26(27,28)29)10-11-19(21)24-23(25(33)34)31-22(32(24)2)13-16-6-8-17(37-3)9-7-16/h4-12,14H,13H2,1-3H3. The van der Waals surface area contributed by atoms with E-state index in [1.165, 1.54) is 16.8 Å². The zero-order valence-corrected chi connectivity index (χ0v) is 21.7. The molecule has 3 aromatic heterocycles. The van der Waals surface area contributed by atoms with E-state index < -0.39 is 26.9 Å². The van der Waals surface area contributed by atoms with Crippen LogP contribution in [0.2, 0.25) is 0 Å². The van der Waals surface area contributed by atoms with Crippen LogP contribution in [0.15, 0.2) is 65.6 Å². The van der Waals surface area contributed by atoms with Crippen LogP contribution in [-0.4, -0.2) is 40.1 Å². The van der Waals surface area contributed by atoms with E-state index in [1.54, 1.807) is 37.8 Å². The SMILES string of the molecule is COc1ccc(Cc2nc3c(=O)n(-c4cccnc4C)c4cc(OS(=O)(=O)C(F)(F)F)ccc4c3n2C)cc1. The number of alkyl halides is 3. The van der Waals surface area contributed by atoms with Crippen LogP contribution in [-0.2, 0) is 23.6 Å². The number of imidazole rings is 1. The van der Waals surface area contributed by atoms with Gasteiger partial charge in [-0.1, -0.05) is 12.1 Å². The van der Waals surface area contributed by atoms with Gasteiger partial charge in [0.25, 0.3) is 5.56 Å². The minimum absolute atomic E-state index is 0.123. The highest BCUT2D eigenvalue weighted by atomic mass is 32.2. The second kappa shape index (κ2) is 9.42. The van der Waals surface area contributed by atoms with Crippen LogP contribution in [0.4, 0.5) is 13.2 Å². The van der Waals surface area contributed by atoms with Crippen LogP contribution in [0.5, 0.6) is 11.5 Å². The first-order valence-electron chi connectivity index (χ1n) is 11.5. The molecule has 0 aliphatic rings. The third-order valence-corrected chi connectivity index (χ3v) is 7.27. The van der Waals surface area contributed by atoms with Crippen LogP contribution in [0.1, 0.15) is 17.1 Å². The van der Waals surface area contributed by atoms with Crippen LogP contribution >= 0.6 is 0 Å². The Bertz CT molecular complexity index is 1900. The number of aromatic nitrogens is 4. The highest BCUT2D eigenvalue weighted by molar-refractivity contribution is 7.88. The van der Waals surface area contributed by atoms with E-state index in [2.05, 4.69) is 14.2 Å². The van der Waals surface area contributed by atoms with Gasteiger partial charge >= 0.3 is 15.6 Å². The number of benzene rings is 2. The zero-order chi connectivity index (χ0) is 28.1. The van der Waals surface area contributed by atoms with Gasteiger partial charge in [-0.05, 0) is 48.9 Å². The van der Waals surface area contributed by atoms with Crippen molar-refractivity contribution in [3.63, 3.8) is 0 Å². The molecule has 0 aliphatic heterocycles. The van der Waals surface area contributed by atoms with Crippen molar-refractivity contribution in [3.8, 4) is 17.2 Å². The van der Waals surface area contributed by atoms with E-state index in [-0.39, 0.29) is 11.0 Å². The summed E-state index contributed by atoms with van der Waals surface area (Å²) < 4.78 is 74.8. The summed E-state index contributed by atoms with van der Waals surface area (Å²) in [4.78, 5) is 22.7. The molecule has 5 aromatic rings. The predicted octanol–water partition coefficient (Wildman–Crippen LogP) is 4.41. The molecule has 39 heavy (non-hydrogen) atoms. The Kier molecular flexibility index (Phi) is 6.33. The van der Waals surface area contributed by atoms with Crippen molar-refractivity contribution >= 4 is 32.1 Å². The largest absolute Gasteiger partial charge is 0.534 e. The monoisotopic (exact) mass is 558 g/mol. The number of fused-ring (bicyclic) bond motifs is 3. The molecular formula is C26H21F3N4O5S. The van der Waals surface area contributed by atoms with Gasteiger partial charge in [0, 0.05) is 31.1 Å². The number of methoxy groups -OCH3 is 1. The van der Waals surface area contributed by atoms with Crippen molar-refractivity contribution in [1.29, 1.82) is 0 Å². The number of rotatable bonds is 6. The summed E-state index contributed by atoms with van der Waals surface area (Å²) in [6.45, 7) is 1.67. The van der Waals surface area contributed by atoms with Gasteiger partial charge in [0.2, 0.25) is 0 Å². The third-order valence-electron chi connectivity index (χ3n) is 6.29. The molecule has 2 aromatic carbocycles.